The van der Waals surface area contributed by atoms with Crippen molar-refractivity contribution in [2.24, 2.45) is 0 Å². The number of anilines is 2. The van der Waals surface area contributed by atoms with E-state index in [0.717, 1.165) is 21.1 Å². The third-order valence-corrected chi connectivity index (χ3v) is 6.10. The highest BCUT2D eigenvalue weighted by atomic mass is 79.9. The van der Waals surface area contributed by atoms with E-state index in [4.69, 9.17) is 9.31 Å². The van der Waals surface area contributed by atoms with Gasteiger partial charge in [0.25, 0.3) is 0 Å². The van der Waals surface area contributed by atoms with Gasteiger partial charge in [-0.15, -0.1) is 0 Å². The summed E-state index contributed by atoms with van der Waals surface area (Å²) in [6.07, 6.45) is 4.19. The minimum atomic E-state index is -0.432. The van der Waals surface area contributed by atoms with Crippen molar-refractivity contribution >= 4 is 52.0 Å². The maximum Gasteiger partial charge on any atom is 0.496 e. The Hall–Kier alpha value is -2.30. The standard InChI is InChI=1S/C13H17BN2O3.C7H5BrN2O/c1-12(2)13(3,4)19-14(18-12)9-5-8-6-10(17)16-11(8)15-7-9;8-5-1-4-2-6(11)10-7(4)9-3-5/h5,7H,6H2,1-4H3,(H,15,16,17);1,3H,2H2,(H,9,10,11). The monoisotopic (exact) mass is 472 g/mol. The predicted molar refractivity (Wildman–Crippen MR) is 117 cm³/mol. The zero-order valence-electron chi connectivity index (χ0n) is 17.2. The molecule has 0 atom stereocenters. The Bertz CT molecular complexity index is 1030. The van der Waals surface area contributed by atoms with Crippen molar-refractivity contribution in [2.75, 3.05) is 10.6 Å². The number of carbonyl (C=O) groups is 2. The lowest BCUT2D eigenvalue weighted by Gasteiger charge is -2.32. The van der Waals surface area contributed by atoms with Crippen LogP contribution in [0.25, 0.3) is 0 Å². The largest absolute Gasteiger partial charge is 0.496 e. The summed E-state index contributed by atoms with van der Waals surface area (Å²) in [5.41, 5.74) is 1.98. The van der Waals surface area contributed by atoms with Crippen LogP contribution in [0.5, 0.6) is 0 Å². The van der Waals surface area contributed by atoms with Crippen molar-refractivity contribution in [2.45, 2.75) is 51.7 Å². The first-order valence-corrected chi connectivity index (χ1v) is 10.4. The molecule has 2 amide bonds. The second-order valence-electron chi connectivity index (χ2n) is 8.48. The summed E-state index contributed by atoms with van der Waals surface area (Å²) < 4.78 is 12.8. The van der Waals surface area contributed by atoms with Crippen LogP contribution in [-0.2, 0) is 31.7 Å². The highest BCUT2D eigenvalue weighted by Gasteiger charge is 2.52. The van der Waals surface area contributed by atoms with E-state index in [2.05, 4.69) is 36.5 Å². The SMILES string of the molecule is CC1(C)OB(c2cnc3c(c2)CC(=O)N3)OC1(C)C.O=C1Cc2cc(Br)cnc2N1. The smallest absolute Gasteiger partial charge is 0.399 e. The van der Waals surface area contributed by atoms with Crippen LogP contribution >= 0.6 is 15.9 Å². The van der Waals surface area contributed by atoms with Crippen LogP contribution in [0.3, 0.4) is 0 Å². The summed E-state index contributed by atoms with van der Waals surface area (Å²) in [5, 5.41) is 5.37. The molecule has 2 aromatic heterocycles. The number of aromatic nitrogens is 2. The number of fused-ring (bicyclic) bond motifs is 2. The molecule has 0 radical (unpaired) electrons. The first kappa shape index (κ1) is 21.0. The van der Waals surface area contributed by atoms with E-state index < -0.39 is 7.12 Å². The van der Waals surface area contributed by atoms with Crippen LogP contribution in [0.2, 0.25) is 0 Å². The van der Waals surface area contributed by atoms with E-state index in [1.807, 2.05) is 39.8 Å². The molecule has 5 rings (SSSR count). The third-order valence-electron chi connectivity index (χ3n) is 5.66. The molecule has 5 heterocycles. The highest BCUT2D eigenvalue weighted by molar-refractivity contribution is 9.10. The fraction of sp³-hybridized carbons (Fsp3) is 0.400. The molecule has 0 aromatic carbocycles. The van der Waals surface area contributed by atoms with Gasteiger partial charge in [0.1, 0.15) is 11.6 Å². The number of nitrogens with one attached hydrogen (secondary N) is 2. The number of amides is 2. The van der Waals surface area contributed by atoms with Crippen molar-refractivity contribution in [3.8, 4) is 0 Å². The maximum absolute atomic E-state index is 11.3. The molecule has 30 heavy (non-hydrogen) atoms. The number of rotatable bonds is 1. The van der Waals surface area contributed by atoms with E-state index >= 15 is 0 Å². The van der Waals surface area contributed by atoms with Gasteiger partial charge in [-0.3, -0.25) is 9.59 Å². The first-order valence-electron chi connectivity index (χ1n) is 9.63. The summed E-state index contributed by atoms with van der Waals surface area (Å²) in [6, 6.07) is 3.84. The molecule has 0 saturated carbocycles. The Morgan fingerprint density at radius 2 is 1.40 bits per heavy atom. The van der Waals surface area contributed by atoms with Crippen LogP contribution in [-0.4, -0.2) is 40.1 Å². The van der Waals surface area contributed by atoms with Crippen molar-refractivity contribution in [3.05, 3.63) is 40.1 Å². The van der Waals surface area contributed by atoms with E-state index in [0.29, 0.717) is 24.5 Å². The zero-order chi connectivity index (χ0) is 21.7. The number of hydrogen-bond acceptors (Lipinski definition) is 6. The van der Waals surface area contributed by atoms with Gasteiger partial charge in [-0.2, -0.15) is 0 Å². The van der Waals surface area contributed by atoms with Gasteiger partial charge in [-0.05, 0) is 49.7 Å². The topological polar surface area (TPSA) is 102 Å². The lowest BCUT2D eigenvalue weighted by molar-refractivity contribution is -0.115. The molecular weight excluding hydrogens is 451 g/mol. The van der Waals surface area contributed by atoms with Crippen LogP contribution in [0.1, 0.15) is 38.8 Å². The average molecular weight is 473 g/mol. The van der Waals surface area contributed by atoms with Gasteiger partial charge in [0.15, 0.2) is 0 Å². The Labute approximate surface area is 183 Å². The van der Waals surface area contributed by atoms with Gasteiger partial charge in [-0.1, -0.05) is 6.07 Å². The zero-order valence-corrected chi connectivity index (χ0v) is 18.8. The van der Waals surface area contributed by atoms with Gasteiger partial charge in [-0.25, -0.2) is 9.97 Å². The van der Waals surface area contributed by atoms with E-state index in [-0.39, 0.29) is 23.0 Å². The molecule has 156 valence electrons. The summed E-state index contributed by atoms with van der Waals surface area (Å²) in [6.45, 7) is 8.05. The minimum absolute atomic E-state index is 0.0191. The van der Waals surface area contributed by atoms with Crippen molar-refractivity contribution < 1.29 is 18.9 Å². The molecule has 0 aliphatic carbocycles. The van der Waals surface area contributed by atoms with Crippen molar-refractivity contribution in [1.29, 1.82) is 0 Å². The molecule has 2 N–H and O–H groups in total. The number of halogens is 1. The predicted octanol–water partition coefficient (Wildman–Crippen LogP) is 2.21. The van der Waals surface area contributed by atoms with Crippen molar-refractivity contribution in [1.82, 2.24) is 9.97 Å². The number of hydrogen-bond donors (Lipinski definition) is 2. The van der Waals surface area contributed by atoms with E-state index in [1.54, 1.807) is 12.4 Å². The Kier molecular flexibility index (Phi) is 5.20. The van der Waals surface area contributed by atoms with Crippen LogP contribution in [0.15, 0.2) is 29.0 Å². The summed E-state index contributed by atoms with van der Waals surface area (Å²) in [4.78, 5) is 30.5. The quantitative estimate of drug-likeness (QED) is 0.617. The molecule has 3 aliphatic heterocycles. The Morgan fingerprint density at radius 1 is 0.900 bits per heavy atom. The number of carbonyl (C=O) groups excluding carboxylic acids is 2. The van der Waals surface area contributed by atoms with E-state index in [1.165, 1.54) is 0 Å². The summed E-state index contributed by atoms with van der Waals surface area (Å²) in [5.74, 6) is 1.34. The molecule has 3 aliphatic rings. The lowest BCUT2D eigenvalue weighted by atomic mass is 9.79. The average Bonchev–Trinajstić information content (AvgIpc) is 3.26. The number of pyridine rings is 2. The fourth-order valence-corrected chi connectivity index (χ4v) is 3.69. The maximum atomic E-state index is 11.3. The summed E-state index contributed by atoms with van der Waals surface area (Å²) >= 11 is 3.28. The molecule has 0 unspecified atom stereocenters. The Morgan fingerprint density at radius 3 is 1.97 bits per heavy atom. The molecule has 8 nitrogen and oxygen atoms in total. The molecular formula is C20H22BBrN4O4. The molecule has 1 fully saturated rings. The van der Waals surface area contributed by atoms with E-state index in [9.17, 15) is 9.59 Å². The van der Waals surface area contributed by atoms with Gasteiger partial charge < -0.3 is 19.9 Å². The third kappa shape index (κ3) is 3.99. The fourth-order valence-electron chi connectivity index (χ4n) is 3.31. The molecule has 10 heteroatoms. The second-order valence-corrected chi connectivity index (χ2v) is 9.39. The van der Waals surface area contributed by atoms with Gasteiger partial charge in [0.05, 0.1) is 24.0 Å². The Balaban J connectivity index is 0.000000168. The number of nitrogens with zero attached hydrogens (tertiary/aromatic N) is 2. The first-order chi connectivity index (χ1) is 14.0. The van der Waals surface area contributed by atoms with Gasteiger partial charge in [0.2, 0.25) is 11.8 Å². The molecule has 0 bridgehead atoms. The molecule has 0 spiro atoms. The lowest BCUT2D eigenvalue weighted by Crippen LogP contribution is -2.41. The minimum Gasteiger partial charge on any atom is -0.399 e. The van der Waals surface area contributed by atoms with Crippen LogP contribution in [0.4, 0.5) is 11.6 Å². The van der Waals surface area contributed by atoms with Gasteiger partial charge >= 0.3 is 7.12 Å². The molecule has 2 aromatic rings. The van der Waals surface area contributed by atoms with Crippen LogP contribution in [0, 0.1) is 0 Å². The molecule has 1 saturated heterocycles. The highest BCUT2D eigenvalue weighted by Crippen LogP contribution is 2.36. The second kappa shape index (κ2) is 7.44. The van der Waals surface area contributed by atoms with Crippen molar-refractivity contribution in [3.63, 3.8) is 0 Å². The normalized spacial score (nSPS) is 20.1. The van der Waals surface area contributed by atoms with Crippen LogP contribution < -0.4 is 16.1 Å². The summed E-state index contributed by atoms with van der Waals surface area (Å²) in [7, 11) is -0.432. The van der Waals surface area contributed by atoms with Gasteiger partial charge in [0, 0.05) is 33.5 Å².